The van der Waals surface area contributed by atoms with Crippen LogP contribution in [0.2, 0.25) is 0 Å². The Kier molecular flexibility index (Phi) is 4.39. The van der Waals surface area contributed by atoms with Gasteiger partial charge in [-0.1, -0.05) is 6.92 Å². The molecule has 0 aliphatic carbocycles. The molecule has 88 valence electrons. The Morgan fingerprint density at radius 1 is 1.60 bits per heavy atom. The minimum atomic E-state index is 0.117. The van der Waals surface area contributed by atoms with E-state index in [1.54, 1.807) is 12.0 Å². The minimum absolute atomic E-state index is 0.117. The number of methoxy groups -OCH3 is 1. The molecule has 1 fully saturated rings. The summed E-state index contributed by atoms with van der Waals surface area (Å²) in [6.07, 6.45) is 1.22. The first-order valence-electron chi connectivity index (χ1n) is 5.63. The van der Waals surface area contributed by atoms with Gasteiger partial charge in [-0.3, -0.25) is 0 Å². The van der Waals surface area contributed by atoms with E-state index in [0.717, 1.165) is 26.1 Å². The highest BCUT2D eigenvalue weighted by Crippen LogP contribution is 2.20. The summed E-state index contributed by atoms with van der Waals surface area (Å²) in [6, 6.07) is 0.117. The van der Waals surface area contributed by atoms with E-state index in [0.29, 0.717) is 5.92 Å². The summed E-state index contributed by atoms with van der Waals surface area (Å²) in [5, 5.41) is 0. The zero-order valence-corrected chi connectivity index (χ0v) is 10.2. The van der Waals surface area contributed by atoms with E-state index in [2.05, 4.69) is 6.92 Å². The van der Waals surface area contributed by atoms with Gasteiger partial charge in [0.25, 0.3) is 0 Å². The van der Waals surface area contributed by atoms with Crippen molar-refractivity contribution in [1.82, 2.24) is 9.80 Å². The van der Waals surface area contributed by atoms with Gasteiger partial charge in [0, 0.05) is 33.8 Å². The summed E-state index contributed by atoms with van der Waals surface area (Å²) in [7, 11) is 3.56. The van der Waals surface area contributed by atoms with Gasteiger partial charge in [-0.25, -0.2) is 4.79 Å². The Balaban J connectivity index is 2.54. The summed E-state index contributed by atoms with van der Waals surface area (Å²) in [5.74, 6) is 0.547. The van der Waals surface area contributed by atoms with Crippen molar-refractivity contribution >= 4 is 6.03 Å². The molecule has 0 spiro atoms. The van der Waals surface area contributed by atoms with Crippen LogP contribution < -0.4 is 0 Å². The maximum atomic E-state index is 11.9. The zero-order valence-electron chi connectivity index (χ0n) is 10.2. The Morgan fingerprint density at radius 2 is 2.27 bits per heavy atom. The molecule has 1 saturated heterocycles. The second kappa shape index (κ2) is 5.35. The van der Waals surface area contributed by atoms with Crippen molar-refractivity contribution in [2.45, 2.75) is 26.4 Å². The Bertz CT molecular complexity index is 221. The Labute approximate surface area is 92.2 Å². The van der Waals surface area contributed by atoms with Crippen LogP contribution >= 0.6 is 0 Å². The van der Waals surface area contributed by atoms with E-state index in [-0.39, 0.29) is 12.1 Å². The molecule has 2 unspecified atom stereocenters. The Hall–Kier alpha value is -0.770. The first-order chi connectivity index (χ1) is 7.10. The molecule has 2 amide bonds. The third kappa shape index (κ3) is 2.84. The van der Waals surface area contributed by atoms with E-state index in [1.165, 1.54) is 0 Å². The molecule has 15 heavy (non-hydrogen) atoms. The van der Waals surface area contributed by atoms with Crippen LogP contribution in [-0.2, 0) is 4.74 Å². The zero-order chi connectivity index (χ0) is 11.4. The standard InChI is InChI=1S/C11H22N2O2/c1-5-12(3)11(14)13-7-6-9(2)10(8-13)15-4/h9-10H,5-8H2,1-4H3. The Morgan fingerprint density at radius 3 is 2.80 bits per heavy atom. The molecule has 1 aliphatic rings. The molecule has 2 atom stereocenters. The average molecular weight is 214 g/mol. The topological polar surface area (TPSA) is 32.8 Å². The molecular formula is C11H22N2O2. The van der Waals surface area contributed by atoms with Crippen molar-refractivity contribution in [3.8, 4) is 0 Å². The number of carbonyl (C=O) groups is 1. The molecule has 0 radical (unpaired) electrons. The van der Waals surface area contributed by atoms with Crippen molar-refractivity contribution in [2.75, 3.05) is 33.8 Å². The number of rotatable bonds is 2. The molecule has 0 aromatic heterocycles. The van der Waals surface area contributed by atoms with E-state index < -0.39 is 0 Å². The maximum Gasteiger partial charge on any atom is 0.319 e. The fourth-order valence-electron chi connectivity index (χ4n) is 1.89. The number of nitrogens with zero attached hydrogens (tertiary/aromatic N) is 2. The smallest absolute Gasteiger partial charge is 0.319 e. The predicted octanol–water partition coefficient (Wildman–Crippen LogP) is 1.41. The van der Waals surface area contributed by atoms with E-state index in [4.69, 9.17) is 4.74 Å². The van der Waals surface area contributed by atoms with Crippen LogP contribution in [0.1, 0.15) is 20.3 Å². The second-order valence-corrected chi connectivity index (χ2v) is 4.28. The quantitative estimate of drug-likeness (QED) is 0.696. The van der Waals surface area contributed by atoms with E-state index in [1.807, 2.05) is 18.9 Å². The normalized spacial score (nSPS) is 26.5. The fraction of sp³-hybridized carbons (Fsp3) is 0.909. The van der Waals surface area contributed by atoms with Gasteiger partial charge < -0.3 is 14.5 Å². The molecule has 0 bridgehead atoms. The van der Waals surface area contributed by atoms with Gasteiger partial charge >= 0.3 is 6.03 Å². The third-order valence-corrected chi connectivity index (χ3v) is 3.26. The SMILES string of the molecule is CCN(C)C(=O)N1CCC(C)C(OC)C1. The maximum absolute atomic E-state index is 11.9. The number of carbonyl (C=O) groups excluding carboxylic acids is 1. The van der Waals surface area contributed by atoms with Crippen LogP contribution in [0.15, 0.2) is 0 Å². The van der Waals surface area contributed by atoms with Crippen LogP contribution in [0.5, 0.6) is 0 Å². The van der Waals surface area contributed by atoms with Gasteiger partial charge in [-0.15, -0.1) is 0 Å². The molecule has 0 aromatic carbocycles. The van der Waals surface area contributed by atoms with Crippen LogP contribution in [0, 0.1) is 5.92 Å². The lowest BCUT2D eigenvalue weighted by Gasteiger charge is -2.37. The lowest BCUT2D eigenvalue weighted by molar-refractivity contribution is 0.00327. The van der Waals surface area contributed by atoms with Crippen LogP contribution in [0.25, 0.3) is 0 Å². The van der Waals surface area contributed by atoms with Gasteiger partial charge in [0.05, 0.1) is 6.10 Å². The first-order valence-corrected chi connectivity index (χ1v) is 5.63. The van der Waals surface area contributed by atoms with Crippen molar-refractivity contribution in [2.24, 2.45) is 5.92 Å². The molecule has 0 N–H and O–H groups in total. The number of hydrogen-bond acceptors (Lipinski definition) is 2. The number of likely N-dealkylation sites (tertiary alicyclic amines) is 1. The highest BCUT2D eigenvalue weighted by Gasteiger charge is 2.29. The van der Waals surface area contributed by atoms with E-state index in [9.17, 15) is 4.79 Å². The highest BCUT2D eigenvalue weighted by molar-refractivity contribution is 5.74. The average Bonchev–Trinajstić information content (AvgIpc) is 2.27. The monoisotopic (exact) mass is 214 g/mol. The predicted molar refractivity (Wildman–Crippen MR) is 59.9 cm³/mol. The van der Waals surface area contributed by atoms with Crippen molar-refractivity contribution in [3.63, 3.8) is 0 Å². The molecule has 1 heterocycles. The number of piperidine rings is 1. The molecular weight excluding hydrogens is 192 g/mol. The number of ether oxygens (including phenoxy) is 1. The van der Waals surface area contributed by atoms with Gasteiger partial charge in [-0.05, 0) is 19.3 Å². The number of amides is 2. The minimum Gasteiger partial charge on any atom is -0.379 e. The lowest BCUT2D eigenvalue weighted by Crippen LogP contribution is -2.50. The second-order valence-electron chi connectivity index (χ2n) is 4.28. The van der Waals surface area contributed by atoms with Gasteiger partial charge in [0.15, 0.2) is 0 Å². The van der Waals surface area contributed by atoms with Crippen molar-refractivity contribution < 1.29 is 9.53 Å². The van der Waals surface area contributed by atoms with Crippen LogP contribution in [0.3, 0.4) is 0 Å². The summed E-state index contributed by atoms with van der Waals surface area (Å²) in [6.45, 7) is 6.49. The lowest BCUT2D eigenvalue weighted by atomic mass is 9.96. The fourth-order valence-corrected chi connectivity index (χ4v) is 1.89. The summed E-state index contributed by atoms with van der Waals surface area (Å²) < 4.78 is 5.38. The molecule has 1 rings (SSSR count). The molecule has 4 nitrogen and oxygen atoms in total. The number of hydrogen-bond donors (Lipinski definition) is 0. The summed E-state index contributed by atoms with van der Waals surface area (Å²) in [5.41, 5.74) is 0. The largest absolute Gasteiger partial charge is 0.379 e. The van der Waals surface area contributed by atoms with Crippen LogP contribution in [-0.4, -0.2) is 55.7 Å². The molecule has 0 aromatic rings. The van der Waals surface area contributed by atoms with Crippen molar-refractivity contribution in [1.29, 1.82) is 0 Å². The van der Waals surface area contributed by atoms with Crippen molar-refractivity contribution in [3.05, 3.63) is 0 Å². The van der Waals surface area contributed by atoms with Gasteiger partial charge in [-0.2, -0.15) is 0 Å². The molecule has 0 saturated carbocycles. The summed E-state index contributed by atoms with van der Waals surface area (Å²) in [4.78, 5) is 15.5. The molecule has 1 aliphatic heterocycles. The van der Waals surface area contributed by atoms with Gasteiger partial charge in [0.2, 0.25) is 0 Å². The molecule has 4 heteroatoms. The van der Waals surface area contributed by atoms with Crippen LogP contribution in [0.4, 0.5) is 4.79 Å². The summed E-state index contributed by atoms with van der Waals surface area (Å²) >= 11 is 0. The van der Waals surface area contributed by atoms with E-state index >= 15 is 0 Å². The third-order valence-electron chi connectivity index (χ3n) is 3.26. The number of urea groups is 1. The van der Waals surface area contributed by atoms with Gasteiger partial charge in [0.1, 0.15) is 0 Å². The highest BCUT2D eigenvalue weighted by atomic mass is 16.5. The first kappa shape index (κ1) is 12.3.